The molecule has 1 aliphatic heterocycles. The first kappa shape index (κ1) is 16.4. The lowest BCUT2D eigenvalue weighted by Gasteiger charge is -2.36. The van der Waals surface area contributed by atoms with Crippen molar-refractivity contribution in [1.29, 1.82) is 0 Å². The lowest BCUT2D eigenvalue weighted by Crippen LogP contribution is -2.42. The highest BCUT2D eigenvalue weighted by Gasteiger charge is 2.27. The molecule has 0 aliphatic carbocycles. The van der Waals surface area contributed by atoms with Gasteiger partial charge < -0.3 is 11.5 Å². The highest BCUT2D eigenvalue weighted by Crippen LogP contribution is 2.27. The predicted molar refractivity (Wildman–Crippen MR) is 83.2 cm³/mol. The van der Waals surface area contributed by atoms with Gasteiger partial charge in [-0.1, -0.05) is 13.0 Å². The molecule has 1 aromatic carbocycles. The fourth-order valence-corrected chi connectivity index (χ4v) is 2.94. The van der Waals surface area contributed by atoms with E-state index in [1.54, 1.807) is 6.07 Å². The number of nitrogens with two attached hydrogens (primary N) is 2. The Hall–Kier alpha value is -1.99. The fraction of sp³-hybridized carbons (Fsp3) is 0.533. The van der Waals surface area contributed by atoms with Gasteiger partial charge in [-0.25, -0.2) is 0 Å². The number of hydrogen-bond acceptors (Lipinski definition) is 5. The van der Waals surface area contributed by atoms with Crippen LogP contribution in [0.1, 0.15) is 29.3 Å². The molecule has 1 aliphatic rings. The number of benzene rings is 1. The Kier molecular flexibility index (Phi) is 5.10. The van der Waals surface area contributed by atoms with Gasteiger partial charge in [-0.05, 0) is 37.4 Å². The van der Waals surface area contributed by atoms with E-state index in [-0.39, 0.29) is 11.3 Å². The van der Waals surface area contributed by atoms with Crippen molar-refractivity contribution in [1.82, 2.24) is 4.90 Å². The van der Waals surface area contributed by atoms with E-state index in [1.807, 2.05) is 0 Å². The summed E-state index contributed by atoms with van der Waals surface area (Å²) in [4.78, 5) is 24.1. The summed E-state index contributed by atoms with van der Waals surface area (Å²) >= 11 is 0. The molecule has 1 aromatic rings. The minimum absolute atomic E-state index is 0.0563. The van der Waals surface area contributed by atoms with Crippen LogP contribution in [-0.2, 0) is 6.54 Å². The third-order valence-corrected chi connectivity index (χ3v) is 4.46. The van der Waals surface area contributed by atoms with Crippen LogP contribution in [0, 0.1) is 22.0 Å². The molecule has 2 unspecified atom stereocenters. The summed E-state index contributed by atoms with van der Waals surface area (Å²) in [5.74, 6) is 0.329. The highest BCUT2D eigenvalue weighted by molar-refractivity contribution is 5.93. The minimum Gasteiger partial charge on any atom is -0.366 e. The van der Waals surface area contributed by atoms with Crippen molar-refractivity contribution < 1.29 is 9.72 Å². The molecule has 7 nitrogen and oxygen atoms in total. The maximum atomic E-state index is 11.2. The van der Waals surface area contributed by atoms with Crippen LogP contribution in [0.2, 0.25) is 0 Å². The Bertz CT molecular complexity index is 576. The molecule has 0 radical (unpaired) electrons. The van der Waals surface area contributed by atoms with Crippen LogP contribution in [0.3, 0.4) is 0 Å². The van der Waals surface area contributed by atoms with Gasteiger partial charge in [0.25, 0.3) is 5.69 Å². The Morgan fingerprint density at radius 1 is 1.50 bits per heavy atom. The van der Waals surface area contributed by atoms with Crippen molar-refractivity contribution in [3.63, 3.8) is 0 Å². The van der Waals surface area contributed by atoms with Crippen molar-refractivity contribution in [2.45, 2.75) is 19.9 Å². The van der Waals surface area contributed by atoms with Crippen LogP contribution in [-0.4, -0.2) is 35.4 Å². The number of likely N-dealkylation sites (tertiary alicyclic amines) is 1. The van der Waals surface area contributed by atoms with Crippen LogP contribution in [0.5, 0.6) is 0 Å². The lowest BCUT2D eigenvalue weighted by molar-refractivity contribution is -0.385. The molecular formula is C15H22N4O3. The number of piperidine rings is 1. The predicted octanol–water partition coefficient (Wildman–Crippen LogP) is 1.11. The second-order valence-electron chi connectivity index (χ2n) is 5.96. The Morgan fingerprint density at radius 3 is 2.82 bits per heavy atom. The first-order chi connectivity index (χ1) is 10.4. The van der Waals surface area contributed by atoms with Gasteiger partial charge in [0.05, 0.1) is 4.92 Å². The second-order valence-corrected chi connectivity index (χ2v) is 5.96. The largest absolute Gasteiger partial charge is 0.366 e. The Balaban J connectivity index is 2.18. The van der Waals surface area contributed by atoms with Crippen LogP contribution < -0.4 is 11.5 Å². The van der Waals surface area contributed by atoms with Gasteiger partial charge >= 0.3 is 0 Å². The molecule has 22 heavy (non-hydrogen) atoms. The number of amides is 1. The van der Waals surface area contributed by atoms with E-state index in [0.29, 0.717) is 30.5 Å². The SMILES string of the molecule is CC1CCN(Cc2ccc(C(N)=O)cc2[N+](=O)[O-])CC1CN. The van der Waals surface area contributed by atoms with Crippen molar-refractivity contribution in [3.8, 4) is 0 Å². The maximum absolute atomic E-state index is 11.2. The molecule has 0 bridgehead atoms. The number of rotatable bonds is 5. The lowest BCUT2D eigenvalue weighted by atomic mass is 9.87. The first-order valence-electron chi connectivity index (χ1n) is 7.42. The molecule has 1 amide bonds. The molecular weight excluding hydrogens is 284 g/mol. The molecule has 7 heteroatoms. The van der Waals surface area contributed by atoms with Crippen molar-refractivity contribution in [2.75, 3.05) is 19.6 Å². The molecule has 0 spiro atoms. The zero-order valence-corrected chi connectivity index (χ0v) is 12.7. The average Bonchev–Trinajstić information content (AvgIpc) is 2.49. The summed E-state index contributed by atoms with van der Waals surface area (Å²) in [7, 11) is 0. The molecule has 2 rings (SSSR count). The highest BCUT2D eigenvalue weighted by atomic mass is 16.6. The molecule has 0 aromatic heterocycles. The van der Waals surface area contributed by atoms with Gasteiger partial charge in [0, 0.05) is 30.3 Å². The fourth-order valence-electron chi connectivity index (χ4n) is 2.94. The molecule has 120 valence electrons. The average molecular weight is 306 g/mol. The van der Waals surface area contributed by atoms with Gasteiger partial charge in [0.1, 0.15) is 0 Å². The van der Waals surface area contributed by atoms with E-state index in [2.05, 4.69) is 11.8 Å². The third kappa shape index (κ3) is 3.61. The van der Waals surface area contributed by atoms with Gasteiger partial charge in [0.15, 0.2) is 0 Å². The Labute approximate surface area is 129 Å². The van der Waals surface area contributed by atoms with E-state index in [4.69, 9.17) is 11.5 Å². The third-order valence-electron chi connectivity index (χ3n) is 4.46. The van der Waals surface area contributed by atoms with Gasteiger partial charge in [0.2, 0.25) is 5.91 Å². The van der Waals surface area contributed by atoms with Crippen LogP contribution in [0.15, 0.2) is 18.2 Å². The minimum atomic E-state index is -0.662. The summed E-state index contributed by atoms with van der Waals surface area (Å²) in [6.45, 7) is 5.04. The van der Waals surface area contributed by atoms with Gasteiger partial charge in [-0.3, -0.25) is 19.8 Å². The number of carbonyl (C=O) groups excluding carboxylic acids is 1. The number of primary amides is 1. The number of nitro groups is 1. The van der Waals surface area contributed by atoms with Crippen molar-refractivity contribution >= 4 is 11.6 Å². The summed E-state index contributed by atoms with van der Waals surface area (Å²) < 4.78 is 0. The van der Waals surface area contributed by atoms with Crippen LogP contribution in [0.25, 0.3) is 0 Å². The molecule has 0 saturated carbocycles. The topological polar surface area (TPSA) is 115 Å². The van der Waals surface area contributed by atoms with E-state index >= 15 is 0 Å². The number of nitrogens with zero attached hydrogens (tertiary/aromatic N) is 2. The van der Waals surface area contributed by atoms with Gasteiger partial charge in [-0.15, -0.1) is 0 Å². The number of carbonyl (C=O) groups is 1. The molecule has 1 saturated heterocycles. The molecule has 1 fully saturated rings. The molecule has 4 N–H and O–H groups in total. The summed E-state index contributed by atoms with van der Waals surface area (Å²) in [6, 6.07) is 4.41. The Morgan fingerprint density at radius 2 is 2.23 bits per heavy atom. The molecule has 1 heterocycles. The summed E-state index contributed by atoms with van der Waals surface area (Å²) in [5, 5.41) is 11.2. The van der Waals surface area contributed by atoms with E-state index in [0.717, 1.165) is 19.5 Å². The van der Waals surface area contributed by atoms with Gasteiger partial charge in [-0.2, -0.15) is 0 Å². The quantitative estimate of drug-likeness (QED) is 0.624. The smallest absolute Gasteiger partial charge is 0.274 e. The van der Waals surface area contributed by atoms with E-state index in [1.165, 1.54) is 12.1 Å². The maximum Gasteiger partial charge on any atom is 0.274 e. The van der Waals surface area contributed by atoms with Crippen LogP contribution in [0.4, 0.5) is 5.69 Å². The first-order valence-corrected chi connectivity index (χ1v) is 7.42. The summed E-state index contributed by atoms with van der Waals surface area (Å²) in [5.41, 5.74) is 11.7. The second kappa shape index (κ2) is 6.85. The number of hydrogen-bond donors (Lipinski definition) is 2. The van der Waals surface area contributed by atoms with Crippen LogP contribution >= 0.6 is 0 Å². The van der Waals surface area contributed by atoms with E-state index < -0.39 is 10.8 Å². The number of nitro benzene ring substituents is 1. The van der Waals surface area contributed by atoms with E-state index in [9.17, 15) is 14.9 Å². The van der Waals surface area contributed by atoms with Crippen molar-refractivity contribution in [2.24, 2.45) is 23.3 Å². The summed E-state index contributed by atoms with van der Waals surface area (Å²) in [6.07, 6.45) is 1.04. The molecule has 2 atom stereocenters. The standard InChI is InChI=1S/C15H22N4O3/c1-10-4-5-18(9-13(10)7-16)8-12-3-2-11(15(17)20)6-14(12)19(21)22/h2-3,6,10,13H,4-5,7-9,16H2,1H3,(H2,17,20). The zero-order valence-electron chi connectivity index (χ0n) is 12.7. The van der Waals surface area contributed by atoms with Crippen molar-refractivity contribution in [3.05, 3.63) is 39.4 Å². The zero-order chi connectivity index (χ0) is 16.3. The monoisotopic (exact) mass is 306 g/mol. The normalized spacial score (nSPS) is 22.5.